The molecule has 0 saturated carbocycles. The van der Waals surface area contributed by atoms with Crippen LogP contribution in [0.4, 0.5) is 0 Å². The summed E-state index contributed by atoms with van der Waals surface area (Å²) in [6.07, 6.45) is 1.27. The first-order valence-corrected chi connectivity index (χ1v) is 7.50. The van der Waals surface area contributed by atoms with E-state index in [4.69, 9.17) is 5.26 Å². The number of rotatable bonds is 6. The second-order valence-electron chi connectivity index (χ2n) is 4.56. The van der Waals surface area contributed by atoms with Crippen molar-refractivity contribution in [2.75, 3.05) is 19.3 Å². The van der Waals surface area contributed by atoms with Crippen LogP contribution in [0.3, 0.4) is 0 Å². The van der Waals surface area contributed by atoms with Crippen molar-refractivity contribution in [3.8, 4) is 6.07 Å². The third-order valence-corrected chi connectivity index (χ3v) is 3.87. The SMILES string of the molecule is CC(C)CN(CCC#N)C(=O)C(C)S(C)(=O)=O. The minimum Gasteiger partial charge on any atom is -0.340 e. The number of sulfone groups is 1. The van der Waals surface area contributed by atoms with Gasteiger partial charge in [0, 0.05) is 19.3 Å². The molecule has 0 bridgehead atoms. The molecule has 0 N–H and O–H groups in total. The molecule has 1 amide bonds. The first-order valence-electron chi connectivity index (χ1n) is 5.54. The van der Waals surface area contributed by atoms with Crippen molar-refractivity contribution in [1.82, 2.24) is 4.90 Å². The van der Waals surface area contributed by atoms with Crippen LogP contribution in [0.5, 0.6) is 0 Å². The lowest BCUT2D eigenvalue weighted by atomic mass is 10.2. The minimum atomic E-state index is -3.38. The molecule has 0 aliphatic rings. The number of nitriles is 1. The molecule has 0 saturated heterocycles. The summed E-state index contributed by atoms with van der Waals surface area (Å²) in [5, 5.41) is 7.48. The summed E-state index contributed by atoms with van der Waals surface area (Å²) >= 11 is 0. The van der Waals surface area contributed by atoms with Gasteiger partial charge in [0.15, 0.2) is 9.84 Å². The standard InChI is InChI=1S/C11H20N2O3S/c1-9(2)8-13(7-5-6-12)11(14)10(3)17(4,15)16/h9-10H,5,7-8H2,1-4H3. The summed E-state index contributed by atoms with van der Waals surface area (Å²) in [6.45, 7) is 6.03. The predicted molar refractivity (Wildman–Crippen MR) is 66.0 cm³/mol. The molecule has 0 fully saturated rings. The molecule has 0 radical (unpaired) electrons. The molecular weight excluding hydrogens is 240 g/mol. The number of amides is 1. The Kier molecular flexibility index (Phi) is 6.18. The van der Waals surface area contributed by atoms with Gasteiger partial charge in [0.1, 0.15) is 5.25 Å². The lowest BCUT2D eigenvalue weighted by Gasteiger charge is -2.26. The average molecular weight is 260 g/mol. The van der Waals surface area contributed by atoms with E-state index in [1.807, 2.05) is 19.9 Å². The number of nitrogens with zero attached hydrogens (tertiary/aromatic N) is 2. The zero-order valence-electron chi connectivity index (χ0n) is 10.8. The van der Waals surface area contributed by atoms with Gasteiger partial charge >= 0.3 is 0 Å². The molecule has 1 atom stereocenters. The van der Waals surface area contributed by atoms with Crippen molar-refractivity contribution >= 4 is 15.7 Å². The maximum Gasteiger partial charge on any atom is 0.240 e. The van der Waals surface area contributed by atoms with Crippen LogP contribution in [0.15, 0.2) is 0 Å². The Morgan fingerprint density at radius 3 is 2.24 bits per heavy atom. The molecule has 17 heavy (non-hydrogen) atoms. The molecule has 1 unspecified atom stereocenters. The molecule has 0 spiro atoms. The van der Waals surface area contributed by atoms with Crippen molar-refractivity contribution < 1.29 is 13.2 Å². The summed E-state index contributed by atoms with van der Waals surface area (Å²) in [5.74, 6) is -0.180. The van der Waals surface area contributed by atoms with Crippen LogP contribution in [0.25, 0.3) is 0 Å². The Balaban J connectivity index is 4.81. The van der Waals surface area contributed by atoms with Gasteiger partial charge in [-0.1, -0.05) is 13.8 Å². The molecule has 0 heterocycles. The van der Waals surface area contributed by atoms with Crippen LogP contribution >= 0.6 is 0 Å². The summed E-state index contributed by atoms with van der Waals surface area (Å²) in [4.78, 5) is 13.4. The molecule has 0 aliphatic heterocycles. The van der Waals surface area contributed by atoms with E-state index >= 15 is 0 Å². The van der Waals surface area contributed by atoms with Gasteiger partial charge in [0.05, 0.1) is 12.5 Å². The Hall–Kier alpha value is -1.09. The normalized spacial score (nSPS) is 13.2. The van der Waals surface area contributed by atoms with E-state index in [1.54, 1.807) is 0 Å². The highest BCUT2D eigenvalue weighted by atomic mass is 32.2. The monoisotopic (exact) mass is 260 g/mol. The van der Waals surface area contributed by atoms with Gasteiger partial charge in [-0.15, -0.1) is 0 Å². The van der Waals surface area contributed by atoms with Crippen LogP contribution in [0.1, 0.15) is 27.2 Å². The molecule has 5 nitrogen and oxygen atoms in total. The van der Waals surface area contributed by atoms with Crippen LogP contribution < -0.4 is 0 Å². The van der Waals surface area contributed by atoms with Crippen LogP contribution in [0.2, 0.25) is 0 Å². The molecule has 0 aliphatic carbocycles. The van der Waals surface area contributed by atoms with Gasteiger partial charge in [0.25, 0.3) is 0 Å². The van der Waals surface area contributed by atoms with Crippen LogP contribution in [0, 0.1) is 17.2 Å². The van der Waals surface area contributed by atoms with Gasteiger partial charge in [-0.05, 0) is 12.8 Å². The van der Waals surface area contributed by atoms with Crippen LogP contribution in [-0.4, -0.2) is 43.8 Å². The Labute approximate surface area is 103 Å². The molecule has 6 heteroatoms. The molecule has 0 rings (SSSR count). The van der Waals surface area contributed by atoms with Crippen molar-refractivity contribution in [3.05, 3.63) is 0 Å². The fourth-order valence-electron chi connectivity index (χ4n) is 1.36. The minimum absolute atomic E-state index is 0.217. The predicted octanol–water partition coefficient (Wildman–Crippen LogP) is 0.818. The number of hydrogen-bond donors (Lipinski definition) is 0. The smallest absolute Gasteiger partial charge is 0.240 e. The summed E-state index contributed by atoms with van der Waals surface area (Å²) in [6, 6.07) is 1.96. The van der Waals surface area contributed by atoms with Crippen molar-refractivity contribution in [3.63, 3.8) is 0 Å². The number of carbonyl (C=O) groups is 1. The lowest BCUT2D eigenvalue weighted by Crippen LogP contribution is -2.43. The van der Waals surface area contributed by atoms with Gasteiger partial charge in [-0.2, -0.15) is 5.26 Å². The maximum atomic E-state index is 12.0. The van der Waals surface area contributed by atoms with E-state index in [0.717, 1.165) is 6.26 Å². The van der Waals surface area contributed by atoms with Crippen LogP contribution in [-0.2, 0) is 14.6 Å². The third-order valence-electron chi connectivity index (χ3n) is 2.38. The first-order chi connectivity index (χ1) is 7.70. The average Bonchev–Trinajstić information content (AvgIpc) is 2.20. The highest BCUT2D eigenvalue weighted by molar-refractivity contribution is 7.92. The second-order valence-corrected chi connectivity index (χ2v) is 6.92. The molecule has 98 valence electrons. The van der Waals surface area contributed by atoms with Gasteiger partial charge in [-0.25, -0.2) is 8.42 Å². The molecule has 0 aromatic carbocycles. The van der Waals surface area contributed by atoms with E-state index < -0.39 is 21.0 Å². The highest BCUT2D eigenvalue weighted by Crippen LogP contribution is 2.08. The molecular formula is C11H20N2O3S. The summed E-state index contributed by atoms with van der Waals surface area (Å²) in [5.41, 5.74) is 0. The van der Waals surface area contributed by atoms with Crippen molar-refractivity contribution in [2.45, 2.75) is 32.4 Å². The van der Waals surface area contributed by atoms with E-state index in [0.29, 0.717) is 6.54 Å². The topological polar surface area (TPSA) is 78.2 Å². The zero-order chi connectivity index (χ0) is 13.6. The second kappa shape index (κ2) is 6.60. The van der Waals surface area contributed by atoms with Gasteiger partial charge in [-0.3, -0.25) is 4.79 Å². The zero-order valence-corrected chi connectivity index (χ0v) is 11.6. The Bertz CT molecular complexity index is 395. The fourth-order valence-corrected chi connectivity index (χ4v) is 1.87. The third kappa shape index (κ3) is 5.68. The Morgan fingerprint density at radius 2 is 1.88 bits per heavy atom. The maximum absolute atomic E-state index is 12.0. The van der Waals surface area contributed by atoms with E-state index in [9.17, 15) is 13.2 Å². The summed E-state index contributed by atoms with van der Waals surface area (Å²) in [7, 11) is -3.38. The Morgan fingerprint density at radius 1 is 1.35 bits per heavy atom. The highest BCUT2D eigenvalue weighted by Gasteiger charge is 2.28. The van der Waals surface area contributed by atoms with E-state index in [1.165, 1.54) is 11.8 Å². The quantitative estimate of drug-likeness (QED) is 0.708. The molecule has 0 aromatic heterocycles. The van der Waals surface area contributed by atoms with Gasteiger partial charge < -0.3 is 4.90 Å². The van der Waals surface area contributed by atoms with E-state index in [2.05, 4.69) is 0 Å². The fraction of sp³-hybridized carbons (Fsp3) is 0.818. The number of carbonyl (C=O) groups excluding carboxylic acids is 1. The summed E-state index contributed by atoms with van der Waals surface area (Å²) < 4.78 is 22.6. The first kappa shape index (κ1) is 15.9. The molecule has 0 aromatic rings. The largest absolute Gasteiger partial charge is 0.340 e. The van der Waals surface area contributed by atoms with Gasteiger partial charge in [0.2, 0.25) is 5.91 Å². The van der Waals surface area contributed by atoms with E-state index in [-0.39, 0.29) is 18.9 Å². The van der Waals surface area contributed by atoms with Crippen molar-refractivity contribution in [1.29, 1.82) is 5.26 Å². The van der Waals surface area contributed by atoms with Crippen molar-refractivity contribution in [2.24, 2.45) is 5.92 Å². The number of hydrogen-bond acceptors (Lipinski definition) is 4. The lowest BCUT2D eigenvalue weighted by molar-refractivity contribution is -0.130.